The highest BCUT2D eigenvalue weighted by atomic mass is 32.2. The van der Waals surface area contributed by atoms with Crippen molar-refractivity contribution in [2.75, 3.05) is 38.4 Å². The average Bonchev–Trinajstić information content (AvgIpc) is 3.31. The van der Waals surface area contributed by atoms with Crippen molar-refractivity contribution in [3.8, 4) is 5.75 Å². The lowest BCUT2D eigenvalue weighted by Crippen LogP contribution is -2.56. The molecule has 2 amide bonds. The third kappa shape index (κ3) is 7.23. The van der Waals surface area contributed by atoms with Crippen molar-refractivity contribution >= 4 is 39.0 Å². The number of benzene rings is 1. The second-order valence-corrected chi connectivity index (χ2v) is 10.9. The summed E-state index contributed by atoms with van der Waals surface area (Å²) in [5, 5.41) is 10.3. The maximum absolute atomic E-state index is 12.9. The van der Waals surface area contributed by atoms with E-state index in [1.807, 2.05) is 46.2 Å². The third-order valence-electron chi connectivity index (χ3n) is 6.22. The Hall–Kier alpha value is -4.17. The standard InChI is InChI=1S/C25H31N7O6S/c1-4-12-38-25(34)29-21-9-10-31(15-20(21)24(33)30-39(3,35)36)14-17-8-11-32-22(17)23(26-16-27-32)28-18-6-5-7-19(13-18)37-2/h4-8,11,13,16,20-21H,1,9-10,12,14-15H2,2-3H3,(H,29,34)(H,30,33)(H,26,27,28)/t20?,21-/m1/s1. The van der Waals surface area contributed by atoms with E-state index in [0.29, 0.717) is 31.1 Å². The Morgan fingerprint density at radius 3 is 2.85 bits per heavy atom. The van der Waals surface area contributed by atoms with Gasteiger partial charge in [-0.05, 0) is 30.2 Å². The molecule has 0 radical (unpaired) electrons. The number of methoxy groups -OCH3 is 1. The topological polar surface area (TPSA) is 156 Å². The van der Waals surface area contributed by atoms with Gasteiger partial charge in [0.2, 0.25) is 15.9 Å². The Morgan fingerprint density at radius 2 is 2.10 bits per heavy atom. The summed E-state index contributed by atoms with van der Waals surface area (Å²) >= 11 is 0. The van der Waals surface area contributed by atoms with Crippen LogP contribution in [-0.4, -0.2) is 79.0 Å². The molecule has 3 heterocycles. The number of ether oxygens (including phenoxy) is 2. The van der Waals surface area contributed by atoms with Crippen molar-refractivity contribution < 1.29 is 27.5 Å². The van der Waals surface area contributed by atoms with Crippen molar-refractivity contribution in [1.82, 2.24) is 29.5 Å². The Labute approximate surface area is 226 Å². The monoisotopic (exact) mass is 557 g/mol. The fourth-order valence-corrected chi connectivity index (χ4v) is 5.02. The number of likely N-dealkylation sites (tertiary alicyclic amines) is 1. The van der Waals surface area contributed by atoms with Crippen molar-refractivity contribution in [1.29, 1.82) is 0 Å². The molecule has 3 aromatic rings. The molecule has 2 atom stereocenters. The number of carbonyl (C=O) groups excluding carboxylic acids is 2. The van der Waals surface area contributed by atoms with E-state index in [2.05, 4.69) is 27.3 Å². The Kier molecular flexibility index (Phi) is 8.66. The molecular weight excluding hydrogens is 526 g/mol. The van der Waals surface area contributed by atoms with E-state index in [-0.39, 0.29) is 13.2 Å². The number of nitrogens with one attached hydrogen (secondary N) is 3. The first kappa shape index (κ1) is 27.9. The summed E-state index contributed by atoms with van der Waals surface area (Å²) < 4.78 is 37.6. The Morgan fingerprint density at radius 1 is 1.28 bits per heavy atom. The molecule has 1 aliphatic rings. The molecule has 1 saturated heterocycles. The molecule has 1 aliphatic heterocycles. The molecule has 1 aromatic carbocycles. The summed E-state index contributed by atoms with van der Waals surface area (Å²) in [6.07, 6.45) is 5.32. The third-order valence-corrected chi connectivity index (χ3v) is 6.79. The van der Waals surface area contributed by atoms with Crippen molar-refractivity contribution in [2.24, 2.45) is 5.92 Å². The van der Waals surface area contributed by atoms with E-state index in [4.69, 9.17) is 9.47 Å². The van der Waals surface area contributed by atoms with Crippen LogP contribution in [0.4, 0.5) is 16.3 Å². The van der Waals surface area contributed by atoms with E-state index in [9.17, 15) is 18.0 Å². The molecule has 0 aliphatic carbocycles. The van der Waals surface area contributed by atoms with Crippen LogP contribution in [0.25, 0.3) is 5.52 Å². The van der Waals surface area contributed by atoms with Crippen LogP contribution in [0, 0.1) is 5.92 Å². The van der Waals surface area contributed by atoms with Crippen LogP contribution >= 0.6 is 0 Å². The normalized spacial score (nSPS) is 17.8. The number of hydrogen-bond donors (Lipinski definition) is 3. The van der Waals surface area contributed by atoms with Crippen LogP contribution < -0.4 is 20.1 Å². The smallest absolute Gasteiger partial charge is 0.407 e. The first-order valence-corrected chi connectivity index (χ1v) is 14.1. The molecule has 4 rings (SSSR count). The van der Waals surface area contributed by atoms with Crippen LogP contribution in [0.2, 0.25) is 0 Å². The first-order valence-electron chi connectivity index (χ1n) is 12.2. The number of rotatable bonds is 10. The molecule has 0 spiro atoms. The van der Waals surface area contributed by atoms with Crippen molar-refractivity contribution in [3.05, 3.63) is 61.1 Å². The molecule has 14 heteroatoms. The highest BCUT2D eigenvalue weighted by Crippen LogP contribution is 2.27. The Bertz CT molecular complexity index is 1460. The fourth-order valence-electron chi connectivity index (χ4n) is 4.50. The average molecular weight is 558 g/mol. The molecule has 1 unspecified atom stereocenters. The predicted molar refractivity (Wildman–Crippen MR) is 144 cm³/mol. The zero-order valence-electron chi connectivity index (χ0n) is 21.7. The number of amides is 2. The van der Waals surface area contributed by atoms with Crippen LogP contribution in [0.5, 0.6) is 5.75 Å². The second-order valence-electron chi connectivity index (χ2n) is 9.11. The number of fused-ring (bicyclic) bond motifs is 1. The highest BCUT2D eigenvalue weighted by molar-refractivity contribution is 7.89. The van der Waals surface area contributed by atoms with Crippen LogP contribution in [-0.2, 0) is 26.1 Å². The van der Waals surface area contributed by atoms with Gasteiger partial charge in [-0.25, -0.2) is 22.7 Å². The molecule has 208 valence electrons. The summed E-state index contributed by atoms with van der Waals surface area (Å²) in [5.41, 5.74) is 2.45. The van der Waals surface area contributed by atoms with Gasteiger partial charge in [0.05, 0.1) is 19.3 Å². The van der Waals surface area contributed by atoms with E-state index >= 15 is 0 Å². The molecule has 0 saturated carbocycles. The van der Waals surface area contributed by atoms with E-state index in [1.54, 1.807) is 11.6 Å². The number of aromatic nitrogens is 3. The first-order chi connectivity index (χ1) is 18.7. The second kappa shape index (κ2) is 12.1. The number of carbonyl (C=O) groups is 2. The lowest BCUT2D eigenvalue weighted by molar-refractivity contribution is -0.125. The molecule has 39 heavy (non-hydrogen) atoms. The summed E-state index contributed by atoms with van der Waals surface area (Å²) in [6, 6.07) is 8.77. The molecule has 13 nitrogen and oxygen atoms in total. The summed E-state index contributed by atoms with van der Waals surface area (Å²) in [6.45, 7) is 4.70. The van der Waals surface area contributed by atoms with E-state index < -0.39 is 34.0 Å². The van der Waals surface area contributed by atoms with E-state index in [1.165, 1.54) is 12.4 Å². The van der Waals surface area contributed by atoms with E-state index in [0.717, 1.165) is 23.0 Å². The van der Waals surface area contributed by atoms with Gasteiger partial charge in [0.25, 0.3) is 0 Å². The number of anilines is 2. The van der Waals surface area contributed by atoms with Gasteiger partial charge >= 0.3 is 6.09 Å². The maximum atomic E-state index is 12.9. The molecule has 3 N–H and O–H groups in total. The number of hydrogen-bond acceptors (Lipinski definition) is 10. The number of sulfonamides is 1. The highest BCUT2D eigenvalue weighted by Gasteiger charge is 2.37. The van der Waals surface area contributed by atoms with Gasteiger partial charge in [-0.1, -0.05) is 18.7 Å². The minimum atomic E-state index is -3.79. The molecule has 1 fully saturated rings. The zero-order valence-corrected chi connectivity index (χ0v) is 22.5. The zero-order chi connectivity index (χ0) is 28.0. The van der Waals surface area contributed by atoms with Gasteiger partial charge in [-0.15, -0.1) is 0 Å². The maximum Gasteiger partial charge on any atom is 0.407 e. The number of piperidine rings is 1. The summed E-state index contributed by atoms with van der Waals surface area (Å²) in [7, 11) is -2.19. The molecular formula is C25H31N7O6S. The lowest BCUT2D eigenvalue weighted by atomic mass is 9.91. The van der Waals surface area contributed by atoms with Gasteiger partial charge in [0.1, 0.15) is 24.2 Å². The van der Waals surface area contributed by atoms with Gasteiger partial charge in [0.15, 0.2) is 5.82 Å². The predicted octanol–water partition coefficient (Wildman–Crippen LogP) is 1.66. The van der Waals surface area contributed by atoms with Crippen LogP contribution in [0.1, 0.15) is 12.0 Å². The van der Waals surface area contributed by atoms with Crippen molar-refractivity contribution in [2.45, 2.75) is 19.0 Å². The fraction of sp³-hybridized carbons (Fsp3) is 0.360. The Balaban J connectivity index is 1.55. The molecule has 0 bridgehead atoms. The van der Waals surface area contributed by atoms with Gasteiger partial charge < -0.3 is 20.1 Å². The SMILES string of the molecule is C=CCOC(=O)N[C@@H]1CCN(Cc2ccn3ncnc(Nc4cccc(OC)c4)c23)CC1C(=O)NS(C)(=O)=O. The summed E-state index contributed by atoms with van der Waals surface area (Å²) in [5.74, 6) is -0.235. The van der Waals surface area contributed by atoms with Crippen molar-refractivity contribution in [3.63, 3.8) is 0 Å². The van der Waals surface area contributed by atoms with Gasteiger partial charge in [-0.2, -0.15) is 5.10 Å². The van der Waals surface area contributed by atoms with Gasteiger partial charge in [0, 0.05) is 43.6 Å². The summed E-state index contributed by atoms with van der Waals surface area (Å²) in [4.78, 5) is 31.5. The minimum absolute atomic E-state index is 0.0147. The minimum Gasteiger partial charge on any atom is -0.497 e. The molecule has 2 aromatic heterocycles. The quantitative estimate of drug-likeness (QED) is 0.313. The number of alkyl carbamates (subject to hydrolysis) is 1. The lowest BCUT2D eigenvalue weighted by Gasteiger charge is -2.37. The van der Waals surface area contributed by atoms with Crippen LogP contribution in [0.15, 0.2) is 55.5 Å². The largest absolute Gasteiger partial charge is 0.497 e. The van der Waals surface area contributed by atoms with Crippen LogP contribution in [0.3, 0.4) is 0 Å². The number of nitrogens with zero attached hydrogens (tertiary/aromatic N) is 4. The van der Waals surface area contributed by atoms with Gasteiger partial charge in [-0.3, -0.25) is 14.4 Å².